The highest BCUT2D eigenvalue weighted by atomic mass is 35.5. The molecule has 0 aromatic heterocycles. The number of hydrogen-bond donors (Lipinski definition) is 1. The van der Waals surface area contributed by atoms with Crippen LogP contribution in [0, 0.1) is 23.2 Å². The number of allylic oxidation sites excluding steroid dienone is 1. The van der Waals surface area contributed by atoms with Crippen LogP contribution in [0.5, 0.6) is 0 Å². The van der Waals surface area contributed by atoms with Gasteiger partial charge in [0.1, 0.15) is 6.10 Å². The van der Waals surface area contributed by atoms with E-state index in [4.69, 9.17) is 16.3 Å². The van der Waals surface area contributed by atoms with Crippen molar-refractivity contribution in [3.8, 4) is 0 Å². The van der Waals surface area contributed by atoms with Crippen LogP contribution in [0.25, 0.3) is 5.57 Å². The van der Waals surface area contributed by atoms with E-state index in [1.54, 1.807) is 0 Å². The molecule has 1 unspecified atom stereocenters. The van der Waals surface area contributed by atoms with E-state index in [1.165, 1.54) is 16.7 Å². The summed E-state index contributed by atoms with van der Waals surface area (Å²) in [4.78, 5) is 15.2. The van der Waals surface area contributed by atoms with Crippen LogP contribution in [0.4, 0.5) is 0 Å². The first-order chi connectivity index (χ1) is 14.9. The number of esters is 1. The minimum absolute atomic E-state index is 0.114. The lowest BCUT2D eigenvalue weighted by molar-refractivity contribution is -0.145. The quantitative estimate of drug-likeness (QED) is 0.545. The molecule has 2 aliphatic heterocycles. The van der Waals surface area contributed by atoms with Crippen LogP contribution in [0.15, 0.2) is 42.0 Å². The van der Waals surface area contributed by atoms with Crippen LogP contribution in [-0.2, 0) is 9.53 Å². The zero-order chi connectivity index (χ0) is 21.8. The van der Waals surface area contributed by atoms with Gasteiger partial charge in [-0.25, -0.2) is 0 Å². The van der Waals surface area contributed by atoms with E-state index in [1.807, 2.05) is 12.1 Å². The fraction of sp³-hybridized carbons (Fsp3) is 0.577. The Morgan fingerprint density at radius 1 is 1.26 bits per heavy atom. The smallest absolute Gasteiger partial charge is 0.311 e. The summed E-state index contributed by atoms with van der Waals surface area (Å²) in [6.07, 6.45) is 7.72. The Morgan fingerprint density at radius 2 is 2.03 bits per heavy atom. The van der Waals surface area contributed by atoms with E-state index in [2.05, 4.69) is 43.0 Å². The number of halogens is 1. The maximum atomic E-state index is 12.9. The summed E-state index contributed by atoms with van der Waals surface area (Å²) in [6.45, 7) is 6.83. The average Bonchev–Trinajstić information content (AvgIpc) is 3.07. The minimum atomic E-state index is -0.533. The summed E-state index contributed by atoms with van der Waals surface area (Å²) < 4.78 is 5.83. The molecule has 166 valence electrons. The van der Waals surface area contributed by atoms with Gasteiger partial charge in [-0.1, -0.05) is 55.3 Å². The summed E-state index contributed by atoms with van der Waals surface area (Å²) in [5, 5.41) is 12.3. The zero-order valence-electron chi connectivity index (χ0n) is 18.4. The number of carbonyl (C=O) groups excluding carboxylic acids is 1. The average molecular weight is 442 g/mol. The van der Waals surface area contributed by atoms with Gasteiger partial charge in [0.05, 0.1) is 12.0 Å². The molecule has 5 rings (SSSR count). The van der Waals surface area contributed by atoms with Crippen LogP contribution < -0.4 is 0 Å². The van der Waals surface area contributed by atoms with E-state index in [0.717, 1.165) is 43.8 Å². The molecule has 1 saturated heterocycles. The Morgan fingerprint density at radius 3 is 2.74 bits per heavy atom. The first-order valence-corrected chi connectivity index (χ1v) is 12.0. The van der Waals surface area contributed by atoms with Gasteiger partial charge >= 0.3 is 5.97 Å². The molecule has 5 heteroatoms. The van der Waals surface area contributed by atoms with Crippen molar-refractivity contribution >= 4 is 23.1 Å². The fourth-order valence-electron chi connectivity index (χ4n) is 6.36. The third-order valence-electron chi connectivity index (χ3n) is 8.53. The number of carbonyl (C=O) groups is 1. The largest absolute Gasteiger partial charge is 0.461 e. The molecule has 1 N–H and O–H groups in total. The van der Waals surface area contributed by atoms with Crippen molar-refractivity contribution in [2.75, 3.05) is 19.6 Å². The molecule has 0 amide bonds. The predicted octanol–water partition coefficient (Wildman–Crippen LogP) is 4.71. The summed E-state index contributed by atoms with van der Waals surface area (Å²) in [7, 11) is 0. The van der Waals surface area contributed by atoms with Crippen LogP contribution in [-0.4, -0.2) is 47.8 Å². The van der Waals surface area contributed by atoms with Gasteiger partial charge in [0.15, 0.2) is 0 Å². The van der Waals surface area contributed by atoms with E-state index in [9.17, 15) is 9.90 Å². The second kappa shape index (κ2) is 8.06. The van der Waals surface area contributed by atoms with Gasteiger partial charge < -0.3 is 9.84 Å². The predicted molar refractivity (Wildman–Crippen MR) is 123 cm³/mol. The Balaban J connectivity index is 1.31. The highest BCUT2D eigenvalue weighted by Gasteiger charge is 2.59. The first kappa shape index (κ1) is 21.2. The summed E-state index contributed by atoms with van der Waals surface area (Å²) in [5.74, 6) is -0.0773. The van der Waals surface area contributed by atoms with Crippen molar-refractivity contribution in [2.45, 2.75) is 51.7 Å². The second-order valence-electron chi connectivity index (χ2n) is 10.0. The molecule has 0 bridgehead atoms. The van der Waals surface area contributed by atoms with Gasteiger partial charge in [-0.15, -0.1) is 0 Å². The molecule has 1 saturated carbocycles. The van der Waals surface area contributed by atoms with Crippen molar-refractivity contribution in [1.29, 1.82) is 0 Å². The summed E-state index contributed by atoms with van der Waals surface area (Å²) >= 11 is 6.02. The number of nitrogens with zero attached hydrogens (tertiary/aromatic N) is 1. The van der Waals surface area contributed by atoms with Crippen molar-refractivity contribution in [1.82, 2.24) is 4.90 Å². The Kier molecular flexibility index (Phi) is 5.52. The van der Waals surface area contributed by atoms with E-state index in [-0.39, 0.29) is 29.3 Å². The third kappa shape index (κ3) is 3.57. The Labute approximate surface area is 189 Å². The minimum Gasteiger partial charge on any atom is -0.461 e. The van der Waals surface area contributed by atoms with Gasteiger partial charge in [-0.05, 0) is 48.4 Å². The maximum Gasteiger partial charge on any atom is 0.311 e. The molecule has 6 atom stereocenters. The topological polar surface area (TPSA) is 49.8 Å². The highest BCUT2D eigenvalue weighted by Crippen LogP contribution is 2.56. The van der Waals surface area contributed by atoms with Gasteiger partial charge in [0, 0.05) is 42.4 Å². The van der Waals surface area contributed by atoms with E-state index in [0.29, 0.717) is 12.5 Å². The molecule has 1 aromatic carbocycles. The number of aliphatic hydroxyl groups is 1. The van der Waals surface area contributed by atoms with Gasteiger partial charge in [-0.2, -0.15) is 0 Å². The van der Waals surface area contributed by atoms with Crippen LogP contribution >= 0.6 is 11.6 Å². The molecule has 2 aliphatic carbocycles. The number of ether oxygens (including phenoxy) is 1. The van der Waals surface area contributed by atoms with E-state index < -0.39 is 6.10 Å². The number of benzene rings is 1. The summed E-state index contributed by atoms with van der Waals surface area (Å²) in [6, 6.07) is 7.99. The number of hydrogen-bond acceptors (Lipinski definition) is 4. The van der Waals surface area contributed by atoms with Gasteiger partial charge in [0.2, 0.25) is 0 Å². The molecule has 4 aliphatic rings. The normalized spacial score (nSPS) is 38.1. The molecule has 4 nitrogen and oxygen atoms in total. The first-order valence-electron chi connectivity index (χ1n) is 11.6. The molecule has 2 heterocycles. The molecular formula is C26H32ClNO3. The van der Waals surface area contributed by atoms with Crippen molar-refractivity contribution in [2.24, 2.45) is 23.2 Å². The van der Waals surface area contributed by atoms with Crippen LogP contribution in [0.3, 0.4) is 0 Å². The van der Waals surface area contributed by atoms with Gasteiger partial charge in [0.25, 0.3) is 0 Å². The standard InChI is InChI=1S/C26H32ClNO3/c1-16-4-3-5-19-14-22-23(24(29)26(16,19)2)21(25(30)31-22)15-28-12-10-18(11-13-28)17-6-8-20(27)9-7-17/h5-10,16,21-24,29H,3-4,11-15H2,1-2H3/t16-,21?,22+,23+,24-,26+/m0/s1. The number of aliphatic hydroxyl groups excluding tert-OH is 1. The lowest BCUT2D eigenvalue weighted by Gasteiger charge is -2.52. The maximum absolute atomic E-state index is 12.9. The second-order valence-corrected chi connectivity index (χ2v) is 10.5. The lowest BCUT2D eigenvalue weighted by Crippen LogP contribution is -2.54. The van der Waals surface area contributed by atoms with Crippen molar-refractivity contribution < 1.29 is 14.6 Å². The molecule has 1 aromatic rings. The van der Waals surface area contributed by atoms with Crippen LogP contribution in [0.2, 0.25) is 5.02 Å². The van der Waals surface area contributed by atoms with Crippen molar-refractivity contribution in [3.05, 3.63) is 52.6 Å². The Bertz CT molecular complexity index is 923. The highest BCUT2D eigenvalue weighted by molar-refractivity contribution is 6.30. The zero-order valence-corrected chi connectivity index (χ0v) is 19.1. The fourth-order valence-corrected chi connectivity index (χ4v) is 6.48. The van der Waals surface area contributed by atoms with Crippen molar-refractivity contribution in [3.63, 3.8) is 0 Å². The number of rotatable bonds is 3. The molecule has 0 spiro atoms. The molecule has 31 heavy (non-hydrogen) atoms. The molecule has 2 fully saturated rings. The van der Waals surface area contributed by atoms with E-state index >= 15 is 0 Å². The molecule has 0 radical (unpaired) electrons. The van der Waals surface area contributed by atoms with Crippen LogP contribution in [0.1, 0.15) is 45.1 Å². The number of fused-ring (bicyclic) bond motifs is 2. The molecular weight excluding hydrogens is 410 g/mol. The lowest BCUT2D eigenvalue weighted by atomic mass is 9.55. The monoisotopic (exact) mass is 441 g/mol. The summed E-state index contributed by atoms with van der Waals surface area (Å²) in [5.41, 5.74) is 3.60. The third-order valence-corrected chi connectivity index (χ3v) is 8.79. The van der Waals surface area contributed by atoms with Gasteiger partial charge in [-0.3, -0.25) is 9.69 Å². The Hall–Kier alpha value is -1.62. The SMILES string of the molecule is C[C@H]1CCC=C2C[C@H]3OC(=O)C(CN4CC=C(c5ccc(Cl)cc5)CC4)[C@H]3[C@H](O)[C@@]21C.